The summed E-state index contributed by atoms with van der Waals surface area (Å²) in [6.07, 6.45) is 0. The average molecular weight is 802 g/mol. The van der Waals surface area contributed by atoms with Gasteiger partial charge in [-0.3, -0.25) is 0 Å². The number of rotatable bonds is 5. The molecular weight excluding hydrogens is 759 g/mol. The Labute approximate surface area is 368 Å². The van der Waals surface area contributed by atoms with Crippen molar-refractivity contribution in [2.24, 2.45) is 0 Å². The lowest BCUT2D eigenvalue weighted by Gasteiger charge is -2.35. The molecule has 1 nitrogen and oxygen atoms in total. The van der Waals surface area contributed by atoms with E-state index in [1.165, 1.54) is 104 Å². The number of anilines is 3. The van der Waals surface area contributed by atoms with Gasteiger partial charge >= 0.3 is 0 Å². The second-order valence-electron chi connectivity index (χ2n) is 17.9. The van der Waals surface area contributed by atoms with Crippen LogP contribution in [0.1, 0.15) is 47.2 Å². The molecule has 0 atom stereocenters. The van der Waals surface area contributed by atoms with Gasteiger partial charge in [-0.1, -0.05) is 214 Å². The van der Waals surface area contributed by atoms with Gasteiger partial charge in [-0.15, -0.1) is 0 Å². The summed E-state index contributed by atoms with van der Waals surface area (Å²) in [5.41, 5.74) is 15.7. The Balaban J connectivity index is 1.20. The van der Waals surface area contributed by atoms with Crippen molar-refractivity contribution in [2.45, 2.75) is 24.7 Å². The van der Waals surface area contributed by atoms with Crippen molar-refractivity contribution in [3.63, 3.8) is 0 Å². The molecule has 11 aromatic rings. The summed E-state index contributed by atoms with van der Waals surface area (Å²) in [6, 6.07) is 84.2. The SMILES string of the molecule is CC1(C)c2ccccc2-c2c(N(c3ccc4c5ccccc5c5ccccc5c4c3)c3cccc4c3-c3ccccc3C4(c3ccccc3)c3ccccc3)cc3ccccc3c21. The zero-order valence-electron chi connectivity index (χ0n) is 35.3. The Morgan fingerprint density at radius 2 is 0.825 bits per heavy atom. The molecule has 0 saturated heterocycles. The van der Waals surface area contributed by atoms with Gasteiger partial charge in [0.25, 0.3) is 0 Å². The molecule has 0 bridgehead atoms. The van der Waals surface area contributed by atoms with Crippen LogP contribution in [0.4, 0.5) is 17.1 Å². The van der Waals surface area contributed by atoms with Crippen LogP contribution < -0.4 is 4.90 Å². The predicted octanol–water partition coefficient (Wildman–Crippen LogP) is 16.4. The first-order chi connectivity index (χ1) is 31.0. The van der Waals surface area contributed by atoms with Crippen LogP contribution in [0, 0.1) is 0 Å². The molecule has 0 fully saturated rings. The fraction of sp³-hybridized carbons (Fsp3) is 0.0645. The summed E-state index contributed by atoms with van der Waals surface area (Å²) in [4.78, 5) is 2.62. The molecule has 0 saturated carbocycles. The van der Waals surface area contributed by atoms with Gasteiger partial charge in [0.15, 0.2) is 0 Å². The van der Waals surface area contributed by atoms with Crippen LogP contribution in [0.3, 0.4) is 0 Å². The van der Waals surface area contributed by atoms with Crippen LogP contribution in [-0.2, 0) is 10.8 Å². The maximum atomic E-state index is 2.62. The highest BCUT2D eigenvalue weighted by Gasteiger charge is 2.48. The molecule has 2 aliphatic carbocycles. The van der Waals surface area contributed by atoms with Crippen molar-refractivity contribution >= 4 is 60.2 Å². The van der Waals surface area contributed by atoms with Crippen molar-refractivity contribution in [3.8, 4) is 22.3 Å². The van der Waals surface area contributed by atoms with E-state index in [4.69, 9.17) is 0 Å². The van der Waals surface area contributed by atoms with Crippen molar-refractivity contribution in [1.82, 2.24) is 0 Å². The molecule has 11 aromatic carbocycles. The van der Waals surface area contributed by atoms with Gasteiger partial charge in [0.2, 0.25) is 0 Å². The molecule has 0 aliphatic heterocycles. The standard InChI is InChI=1S/C62H43N/c1-61(2)53-32-17-15-30-50(53)59-57(38-40-20-9-10-25-44(40)60(59)61)63(43-36-37-49-47-28-12-11-26-45(47)46-27-13-14-29-48(46)52(49)39-43)56-35-19-34-55-58(56)51-31-16-18-33-54(51)62(55,41-21-5-3-6-22-41)42-23-7-4-8-24-42/h3-39H,1-2H3. The summed E-state index contributed by atoms with van der Waals surface area (Å²) >= 11 is 0. The first-order valence-electron chi connectivity index (χ1n) is 22.2. The highest BCUT2D eigenvalue weighted by molar-refractivity contribution is 6.26. The van der Waals surface area contributed by atoms with E-state index in [-0.39, 0.29) is 5.41 Å². The van der Waals surface area contributed by atoms with E-state index in [0.29, 0.717) is 0 Å². The lowest BCUT2D eigenvalue weighted by Crippen LogP contribution is -2.28. The number of nitrogens with zero attached hydrogens (tertiary/aromatic N) is 1. The average Bonchev–Trinajstić information content (AvgIpc) is 3.79. The zero-order valence-corrected chi connectivity index (χ0v) is 35.3. The van der Waals surface area contributed by atoms with Gasteiger partial charge in [0.05, 0.1) is 16.8 Å². The van der Waals surface area contributed by atoms with E-state index in [1.54, 1.807) is 0 Å². The maximum absolute atomic E-state index is 2.62. The lowest BCUT2D eigenvalue weighted by molar-refractivity contribution is 0.666. The largest absolute Gasteiger partial charge is 0.309 e. The van der Waals surface area contributed by atoms with Crippen LogP contribution in [0.15, 0.2) is 224 Å². The third kappa shape index (κ3) is 4.88. The Kier molecular flexibility index (Phi) is 7.64. The first kappa shape index (κ1) is 36.0. The minimum atomic E-state index is -0.533. The molecule has 2 aliphatic rings. The molecule has 0 N–H and O–H groups in total. The molecule has 63 heavy (non-hydrogen) atoms. The van der Waals surface area contributed by atoms with Crippen LogP contribution in [0.2, 0.25) is 0 Å². The van der Waals surface area contributed by atoms with E-state index >= 15 is 0 Å². The first-order valence-corrected chi connectivity index (χ1v) is 22.2. The van der Waals surface area contributed by atoms with E-state index in [0.717, 1.165) is 11.4 Å². The molecule has 0 radical (unpaired) electrons. The fourth-order valence-corrected chi connectivity index (χ4v) is 11.9. The molecule has 296 valence electrons. The molecule has 0 aromatic heterocycles. The van der Waals surface area contributed by atoms with E-state index < -0.39 is 5.41 Å². The second kappa shape index (κ2) is 13.4. The Morgan fingerprint density at radius 3 is 1.48 bits per heavy atom. The van der Waals surface area contributed by atoms with Crippen molar-refractivity contribution in [2.75, 3.05) is 4.90 Å². The summed E-state index contributed by atoms with van der Waals surface area (Å²) in [5, 5.41) is 10.2. The Morgan fingerprint density at radius 1 is 0.333 bits per heavy atom. The highest BCUT2D eigenvalue weighted by Crippen LogP contribution is 2.62. The quantitative estimate of drug-likeness (QED) is 0.157. The number of benzene rings is 11. The van der Waals surface area contributed by atoms with Crippen molar-refractivity contribution in [3.05, 3.63) is 258 Å². The van der Waals surface area contributed by atoms with E-state index in [2.05, 4.69) is 243 Å². The fourth-order valence-electron chi connectivity index (χ4n) is 11.9. The number of fused-ring (bicyclic) bond motifs is 14. The maximum Gasteiger partial charge on any atom is 0.0714 e. The van der Waals surface area contributed by atoms with Gasteiger partial charge in [-0.2, -0.15) is 0 Å². The molecule has 13 rings (SSSR count). The molecule has 0 spiro atoms. The van der Waals surface area contributed by atoms with Gasteiger partial charge in [-0.25, -0.2) is 0 Å². The molecule has 1 heteroatoms. The number of hydrogen-bond donors (Lipinski definition) is 0. The van der Waals surface area contributed by atoms with Gasteiger partial charge < -0.3 is 4.90 Å². The summed E-state index contributed by atoms with van der Waals surface area (Å²) < 4.78 is 0. The summed E-state index contributed by atoms with van der Waals surface area (Å²) in [5.74, 6) is 0. The second-order valence-corrected chi connectivity index (χ2v) is 17.9. The third-order valence-corrected chi connectivity index (χ3v) is 14.5. The van der Waals surface area contributed by atoms with Crippen molar-refractivity contribution in [1.29, 1.82) is 0 Å². The minimum absolute atomic E-state index is 0.216. The normalized spacial score (nSPS) is 14.1. The van der Waals surface area contributed by atoms with Crippen LogP contribution in [-0.4, -0.2) is 0 Å². The molecule has 0 heterocycles. The third-order valence-electron chi connectivity index (χ3n) is 14.5. The Bertz CT molecular complexity index is 3580. The Hall–Kier alpha value is -7.74. The summed E-state index contributed by atoms with van der Waals surface area (Å²) in [7, 11) is 0. The zero-order chi connectivity index (χ0) is 41.9. The van der Waals surface area contributed by atoms with Crippen LogP contribution in [0.5, 0.6) is 0 Å². The number of hydrogen-bond acceptors (Lipinski definition) is 1. The molecule has 0 unspecified atom stereocenters. The molecular formula is C62H43N. The van der Waals surface area contributed by atoms with Gasteiger partial charge in [0, 0.05) is 22.2 Å². The highest BCUT2D eigenvalue weighted by atomic mass is 15.1. The topological polar surface area (TPSA) is 3.24 Å². The van der Waals surface area contributed by atoms with Gasteiger partial charge in [0.1, 0.15) is 0 Å². The summed E-state index contributed by atoms with van der Waals surface area (Å²) in [6.45, 7) is 4.83. The lowest BCUT2D eigenvalue weighted by atomic mass is 9.68. The van der Waals surface area contributed by atoms with Crippen LogP contribution >= 0.6 is 0 Å². The van der Waals surface area contributed by atoms with Crippen LogP contribution in [0.25, 0.3) is 65.3 Å². The predicted molar refractivity (Wildman–Crippen MR) is 266 cm³/mol. The minimum Gasteiger partial charge on any atom is -0.309 e. The molecule has 0 amide bonds. The van der Waals surface area contributed by atoms with Crippen molar-refractivity contribution < 1.29 is 0 Å². The smallest absolute Gasteiger partial charge is 0.0714 e. The van der Waals surface area contributed by atoms with Gasteiger partial charge in [-0.05, 0) is 112 Å². The van der Waals surface area contributed by atoms with E-state index in [9.17, 15) is 0 Å². The van der Waals surface area contributed by atoms with E-state index in [1.807, 2.05) is 0 Å². The monoisotopic (exact) mass is 801 g/mol.